The lowest BCUT2D eigenvalue weighted by molar-refractivity contribution is 0.0894. The first-order valence-electron chi connectivity index (χ1n) is 7.71. The van der Waals surface area contributed by atoms with Gasteiger partial charge in [-0.25, -0.2) is 0 Å². The van der Waals surface area contributed by atoms with Crippen LogP contribution in [0.1, 0.15) is 50.9 Å². The van der Waals surface area contributed by atoms with Crippen molar-refractivity contribution in [2.24, 2.45) is 11.7 Å². The Kier molecular flexibility index (Phi) is 6.69. The van der Waals surface area contributed by atoms with E-state index in [1.54, 1.807) is 12.1 Å². The fraction of sp³-hybridized carbons (Fsp3) is 0.588. The Morgan fingerprint density at radius 1 is 1.33 bits per heavy atom. The van der Waals surface area contributed by atoms with Gasteiger partial charge in [-0.1, -0.05) is 33.8 Å². The Morgan fingerprint density at radius 2 is 2.00 bits per heavy atom. The summed E-state index contributed by atoms with van der Waals surface area (Å²) >= 11 is 0. The number of carbonyl (C=O) groups excluding carboxylic acids is 1. The largest absolute Gasteiger partial charge is 0.493 e. The lowest BCUT2D eigenvalue weighted by Crippen LogP contribution is -2.52. The average molecular weight is 292 g/mol. The SMILES string of the molecule is CCC(CC)(CN)NC(=O)c1cccc(OCC(C)C)c1. The molecule has 118 valence electrons. The molecule has 1 amide bonds. The summed E-state index contributed by atoms with van der Waals surface area (Å²) in [5.74, 6) is 1.08. The summed E-state index contributed by atoms with van der Waals surface area (Å²) in [5, 5.41) is 3.07. The van der Waals surface area contributed by atoms with Gasteiger partial charge < -0.3 is 15.8 Å². The summed E-state index contributed by atoms with van der Waals surface area (Å²) in [6, 6.07) is 7.29. The zero-order valence-corrected chi connectivity index (χ0v) is 13.6. The number of hydrogen-bond acceptors (Lipinski definition) is 3. The van der Waals surface area contributed by atoms with Crippen LogP contribution in [0.15, 0.2) is 24.3 Å². The first-order valence-corrected chi connectivity index (χ1v) is 7.71. The van der Waals surface area contributed by atoms with E-state index < -0.39 is 0 Å². The number of amides is 1. The quantitative estimate of drug-likeness (QED) is 0.774. The zero-order valence-electron chi connectivity index (χ0n) is 13.6. The fourth-order valence-electron chi connectivity index (χ4n) is 2.07. The van der Waals surface area contributed by atoms with Gasteiger partial charge in [0, 0.05) is 12.1 Å². The van der Waals surface area contributed by atoms with E-state index in [2.05, 4.69) is 19.2 Å². The molecule has 1 aromatic carbocycles. The average Bonchev–Trinajstić information content (AvgIpc) is 2.51. The molecule has 0 atom stereocenters. The Hall–Kier alpha value is -1.55. The summed E-state index contributed by atoms with van der Waals surface area (Å²) < 4.78 is 5.66. The Balaban J connectivity index is 2.80. The van der Waals surface area contributed by atoms with E-state index in [9.17, 15) is 4.79 Å². The van der Waals surface area contributed by atoms with Crippen LogP contribution in [0, 0.1) is 5.92 Å². The van der Waals surface area contributed by atoms with Crippen LogP contribution in [0.3, 0.4) is 0 Å². The molecule has 3 N–H and O–H groups in total. The van der Waals surface area contributed by atoms with E-state index in [0.717, 1.165) is 18.6 Å². The van der Waals surface area contributed by atoms with E-state index in [-0.39, 0.29) is 11.4 Å². The maximum Gasteiger partial charge on any atom is 0.251 e. The van der Waals surface area contributed by atoms with Crippen molar-refractivity contribution in [1.82, 2.24) is 5.32 Å². The van der Waals surface area contributed by atoms with Gasteiger partial charge >= 0.3 is 0 Å². The highest BCUT2D eigenvalue weighted by Gasteiger charge is 2.26. The first-order chi connectivity index (χ1) is 9.96. The number of rotatable bonds is 8. The van der Waals surface area contributed by atoms with Crippen molar-refractivity contribution in [2.75, 3.05) is 13.2 Å². The van der Waals surface area contributed by atoms with Crippen molar-refractivity contribution in [3.05, 3.63) is 29.8 Å². The molecular formula is C17H28N2O2. The molecule has 0 heterocycles. The molecule has 0 spiro atoms. The minimum atomic E-state index is -0.328. The van der Waals surface area contributed by atoms with Crippen LogP contribution in [-0.4, -0.2) is 24.6 Å². The predicted molar refractivity (Wildman–Crippen MR) is 86.6 cm³/mol. The van der Waals surface area contributed by atoms with Gasteiger partial charge in [-0.2, -0.15) is 0 Å². The first kappa shape index (κ1) is 17.5. The van der Waals surface area contributed by atoms with Crippen LogP contribution < -0.4 is 15.8 Å². The highest BCUT2D eigenvalue weighted by atomic mass is 16.5. The summed E-state index contributed by atoms with van der Waals surface area (Å²) in [4.78, 5) is 12.4. The highest BCUT2D eigenvalue weighted by Crippen LogP contribution is 2.17. The number of carbonyl (C=O) groups is 1. The standard InChI is InChI=1S/C17H28N2O2/c1-5-17(6-2,12-18)19-16(20)14-8-7-9-15(10-14)21-11-13(3)4/h7-10,13H,5-6,11-12,18H2,1-4H3,(H,19,20). The van der Waals surface area contributed by atoms with Crippen molar-refractivity contribution in [3.8, 4) is 5.75 Å². The smallest absolute Gasteiger partial charge is 0.251 e. The molecule has 0 saturated carbocycles. The van der Waals surface area contributed by atoms with Crippen molar-refractivity contribution in [3.63, 3.8) is 0 Å². The van der Waals surface area contributed by atoms with Crippen LogP contribution in [0.2, 0.25) is 0 Å². The number of benzene rings is 1. The highest BCUT2D eigenvalue weighted by molar-refractivity contribution is 5.95. The van der Waals surface area contributed by atoms with E-state index in [1.807, 2.05) is 26.0 Å². The van der Waals surface area contributed by atoms with Crippen LogP contribution in [0.4, 0.5) is 0 Å². The van der Waals surface area contributed by atoms with Crippen molar-refractivity contribution in [2.45, 2.75) is 46.1 Å². The van der Waals surface area contributed by atoms with Gasteiger partial charge in [-0.05, 0) is 37.0 Å². The summed E-state index contributed by atoms with van der Waals surface area (Å²) in [6.07, 6.45) is 1.63. The molecule has 1 rings (SSSR count). The third-order valence-electron chi connectivity index (χ3n) is 3.80. The third kappa shape index (κ3) is 5.05. The molecule has 4 heteroatoms. The molecule has 0 bridgehead atoms. The molecule has 0 fully saturated rings. The van der Waals surface area contributed by atoms with Gasteiger partial charge in [0.15, 0.2) is 0 Å². The van der Waals surface area contributed by atoms with E-state index >= 15 is 0 Å². The molecule has 21 heavy (non-hydrogen) atoms. The maximum atomic E-state index is 12.4. The third-order valence-corrected chi connectivity index (χ3v) is 3.80. The van der Waals surface area contributed by atoms with E-state index in [0.29, 0.717) is 24.6 Å². The van der Waals surface area contributed by atoms with Crippen molar-refractivity contribution < 1.29 is 9.53 Å². The second kappa shape index (κ2) is 8.03. The Bertz CT molecular complexity index is 446. The molecule has 0 aliphatic heterocycles. The zero-order chi connectivity index (χ0) is 15.9. The lowest BCUT2D eigenvalue weighted by Gasteiger charge is -2.31. The van der Waals surface area contributed by atoms with Crippen molar-refractivity contribution in [1.29, 1.82) is 0 Å². The van der Waals surface area contributed by atoms with Crippen LogP contribution in [-0.2, 0) is 0 Å². The second-order valence-corrected chi connectivity index (χ2v) is 5.88. The summed E-state index contributed by atoms with van der Waals surface area (Å²) in [6.45, 7) is 9.35. The number of nitrogens with one attached hydrogen (secondary N) is 1. The van der Waals surface area contributed by atoms with Crippen molar-refractivity contribution >= 4 is 5.91 Å². The van der Waals surface area contributed by atoms with Crippen LogP contribution >= 0.6 is 0 Å². The van der Waals surface area contributed by atoms with Gasteiger partial charge in [0.25, 0.3) is 5.91 Å². The summed E-state index contributed by atoms with van der Waals surface area (Å²) in [7, 11) is 0. The Morgan fingerprint density at radius 3 is 2.52 bits per heavy atom. The molecule has 0 radical (unpaired) electrons. The number of nitrogens with two attached hydrogens (primary N) is 1. The maximum absolute atomic E-state index is 12.4. The minimum absolute atomic E-state index is 0.0980. The van der Waals surface area contributed by atoms with Gasteiger partial charge in [0.1, 0.15) is 5.75 Å². The van der Waals surface area contributed by atoms with Crippen LogP contribution in [0.25, 0.3) is 0 Å². The Labute approximate surface area is 128 Å². The topological polar surface area (TPSA) is 64.3 Å². The normalized spacial score (nSPS) is 11.5. The second-order valence-electron chi connectivity index (χ2n) is 5.88. The minimum Gasteiger partial charge on any atom is -0.493 e. The molecule has 4 nitrogen and oxygen atoms in total. The van der Waals surface area contributed by atoms with Gasteiger partial charge in [-0.15, -0.1) is 0 Å². The molecule has 0 aliphatic carbocycles. The summed E-state index contributed by atoms with van der Waals surface area (Å²) in [5.41, 5.74) is 6.11. The molecule has 0 unspecified atom stereocenters. The monoisotopic (exact) mass is 292 g/mol. The molecule has 1 aromatic rings. The van der Waals surface area contributed by atoms with E-state index in [4.69, 9.17) is 10.5 Å². The lowest BCUT2D eigenvalue weighted by atomic mass is 9.92. The van der Waals surface area contributed by atoms with Gasteiger partial charge in [-0.3, -0.25) is 4.79 Å². The molecule has 0 saturated heterocycles. The molecule has 0 aliphatic rings. The fourth-order valence-corrected chi connectivity index (χ4v) is 2.07. The molecule has 0 aromatic heterocycles. The van der Waals surface area contributed by atoms with Crippen LogP contribution in [0.5, 0.6) is 5.75 Å². The number of hydrogen-bond donors (Lipinski definition) is 2. The van der Waals surface area contributed by atoms with Gasteiger partial charge in [0.2, 0.25) is 0 Å². The van der Waals surface area contributed by atoms with Gasteiger partial charge in [0.05, 0.1) is 12.1 Å². The number of ether oxygens (including phenoxy) is 1. The van der Waals surface area contributed by atoms with E-state index in [1.165, 1.54) is 0 Å². The molecular weight excluding hydrogens is 264 g/mol. The predicted octanol–water partition coefficient (Wildman–Crippen LogP) is 2.97.